The summed E-state index contributed by atoms with van der Waals surface area (Å²) in [6.07, 6.45) is 23.1. The predicted octanol–water partition coefficient (Wildman–Crippen LogP) is 5.05. The predicted molar refractivity (Wildman–Crippen MR) is 111 cm³/mol. The molecule has 0 fully saturated rings. The monoisotopic (exact) mass is 433 g/mol. The number of unbranched alkanes of at least 4 members (excludes halogenated alkanes) is 15. The van der Waals surface area contributed by atoms with Gasteiger partial charge in [-0.2, -0.15) is 10.1 Å². The van der Waals surface area contributed by atoms with E-state index < -0.39 is 0 Å². The van der Waals surface area contributed by atoms with Crippen LogP contribution in [-0.2, 0) is 0 Å². The van der Waals surface area contributed by atoms with Crippen molar-refractivity contribution in [2.75, 3.05) is 20.1 Å². The van der Waals surface area contributed by atoms with E-state index in [9.17, 15) is 0 Å². The first-order chi connectivity index (χ1) is 12.2. The third-order valence-electron chi connectivity index (χ3n) is 5.48. The Hall–Kier alpha value is 0.0400. The fraction of sp³-hybridized carbons (Fsp3) is 1.00. The van der Waals surface area contributed by atoms with Gasteiger partial charge in [-0.15, -0.1) is 0 Å². The SMILES string of the molecule is CCCCCCCCCCC[N+](C)(CCCCCCCCCC)N=N.[Br-]. The summed E-state index contributed by atoms with van der Waals surface area (Å²) in [4.78, 5) is 0. The van der Waals surface area contributed by atoms with Crippen molar-refractivity contribution in [1.82, 2.24) is 0 Å². The molecule has 0 radical (unpaired) electrons. The van der Waals surface area contributed by atoms with E-state index in [1.54, 1.807) is 0 Å². The van der Waals surface area contributed by atoms with Crippen LogP contribution < -0.4 is 17.0 Å². The third kappa shape index (κ3) is 18.8. The number of nitrogens with zero attached hydrogens (tertiary/aromatic N) is 2. The Bertz CT molecular complexity index is 287. The van der Waals surface area contributed by atoms with E-state index in [0.717, 1.165) is 13.1 Å². The van der Waals surface area contributed by atoms with E-state index >= 15 is 0 Å². The van der Waals surface area contributed by atoms with Crippen molar-refractivity contribution >= 4 is 0 Å². The smallest absolute Gasteiger partial charge is 0.104 e. The van der Waals surface area contributed by atoms with Crippen molar-refractivity contribution < 1.29 is 21.6 Å². The van der Waals surface area contributed by atoms with Crippen LogP contribution in [0.4, 0.5) is 0 Å². The molecule has 3 nitrogen and oxygen atoms in total. The van der Waals surface area contributed by atoms with Gasteiger partial charge in [-0.25, -0.2) is 0 Å². The van der Waals surface area contributed by atoms with Crippen molar-refractivity contribution in [2.24, 2.45) is 5.22 Å². The number of halogens is 1. The average Bonchev–Trinajstić information content (AvgIpc) is 2.62. The molecule has 0 aromatic rings. The molecule has 1 N–H and O–H groups in total. The molecule has 0 amide bonds. The fourth-order valence-electron chi connectivity index (χ4n) is 3.56. The maximum atomic E-state index is 7.56. The van der Waals surface area contributed by atoms with Gasteiger partial charge in [0.2, 0.25) is 0 Å². The first-order valence-corrected chi connectivity index (χ1v) is 11.4. The van der Waals surface area contributed by atoms with E-state index in [1.807, 2.05) is 0 Å². The van der Waals surface area contributed by atoms with Crippen LogP contribution in [0.3, 0.4) is 0 Å². The van der Waals surface area contributed by atoms with Crippen molar-refractivity contribution in [2.45, 2.75) is 123 Å². The first kappa shape index (κ1) is 28.3. The van der Waals surface area contributed by atoms with Gasteiger partial charge in [0.1, 0.15) is 13.1 Å². The zero-order valence-corrected chi connectivity index (χ0v) is 19.8. The Balaban J connectivity index is 0. The van der Waals surface area contributed by atoms with Crippen LogP contribution in [0, 0.1) is 5.53 Å². The van der Waals surface area contributed by atoms with E-state index in [2.05, 4.69) is 26.1 Å². The highest BCUT2D eigenvalue weighted by Gasteiger charge is 2.20. The normalized spacial score (nSPS) is 13.2. The van der Waals surface area contributed by atoms with Crippen molar-refractivity contribution in [3.8, 4) is 0 Å². The molecule has 1 unspecified atom stereocenters. The lowest BCUT2D eigenvalue weighted by molar-refractivity contribution is -0.923. The van der Waals surface area contributed by atoms with Crippen molar-refractivity contribution in [3.63, 3.8) is 0 Å². The lowest BCUT2D eigenvalue weighted by atomic mass is 10.1. The maximum absolute atomic E-state index is 7.56. The maximum Gasteiger partial charge on any atom is 0.104 e. The van der Waals surface area contributed by atoms with Gasteiger partial charge < -0.3 is 17.0 Å². The van der Waals surface area contributed by atoms with Crippen molar-refractivity contribution in [3.05, 3.63) is 0 Å². The number of hydrogen-bond acceptors (Lipinski definition) is 2. The third-order valence-corrected chi connectivity index (χ3v) is 5.48. The first-order valence-electron chi connectivity index (χ1n) is 11.4. The van der Waals surface area contributed by atoms with E-state index in [1.165, 1.54) is 109 Å². The Kier molecular flexibility index (Phi) is 23.2. The summed E-state index contributed by atoms with van der Waals surface area (Å²) in [6.45, 7) is 6.66. The largest absolute Gasteiger partial charge is 1.00 e. The average molecular weight is 435 g/mol. The number of nitrogens with one attached hydrogen (secondary N) is 1. The molecule has 0 saturated carbocycles. The van der Waals surface area contributed by atoms with Crippen molar-refractivity contribution in [1.29, 1.82) is 5.53 Å². The van der Waals surface area contributed by atoms with Crippen LogP contribution in [-0.4, -0.2) is 24.7 Å². The van der Waals surface area contributed by atoms with Crippen LogP contribution >= 0.6 is 0 Å². The van der Waals surface area contributed by atoms with E-state index in [4.69, 9.17) is 5.53 Å². The second-order valence-electron chi connectivity index (χ2n) is 8.19. The highest BCUT2D eigenvalue weighted by molar-refractivity contribution is 4.49. The molecule has 0 aromatic heterocycles. The molecule has 1 atom stereocenters. The summed E-state index contributed by atoms with van der Waals surface area (Å²) in [6, 6.07) is 0. The molecule has 0 aliphatic rings. The second kappa shape index (κ2) is 21.3. The van der Waals surface area contributed by atoms with Gasteiger partial charge in [-0.05, 0) is 25.7 Å². The van der Waals surface area contributed by atoms with Gasteiger partial charge in [0.25, 0.3) is 0 Å². The lowest BCUT2D eigenvalue weighted by Gasteiger charge is -2.25. The highest BCUT2D eigenvalue weighted by Crippen LogP contribution is 2.15. The van der Waals surface area contributed by atoms with Crippen LogP contribution in [0.1, 0.15) is 123 Å². The quantitative estimate of drug-likeness (QED) is 0.120. The minimum Gasteiger partial charge on any atom is -1.00 e. The van der Waals surface area contributed by atoms with Gasteiger partial charge in [-0.1, -0.05) is 97.3 Å². The summed E-state index contributed by atoms with van der Waals surface area (Å²) in [5.41, 5.74) is 7.56. The molecule has 0 heterocycles. The molecule has 158 valence electrons. The second-order valence-corrected chi connectivity index (χ2v) is 8.19. The molecular formula is C22H48BrN3. The van der Waals surface area contributed by atoms with Crippen LogP contribution in [0.25, 0.3) is 0 Å². The summed E-state index contributed by atoms with van der Waals surface area (Å²) in [5.74, 6) is 0. The van der Waals surface area contributed by atoms with Gasteiger partial charge in [-0.3, -0.25) is 0 Å². The minimum absolute atomic E-state index is 0. The van der Waals surface area contributed by atoms with Crippen LogP contribution in [0.5, 0.6) is 0 Å². The zero-order valence-electron chi connectivity index (χ0n) is 18.2. The Morgan fingerprint density at radius 3 is 1.08 bits per heavy atom. The summed E-state index contributed by atoms with van der Waals surface area (Å²) >= 11 is 0. The molecule has 0 rings (SSSR count). The zero-order chi connectivity index (χ0) is 18.6. The lowest BCUT2D eigenvalue weighted by Crippen LogP contribution is -3.00. The van der Waals surface area contributed by atoms with E-state index in [-0.39, 0.29) is 17.0 Å². The minimum atomic E-state index is 0. The van der Waals surface area contributed by atoms with E-state index in [0.29, 0.717) is 4.59 Å². The summed E-state index contributed by atoms with van der Waals surface area (Å²) in [5, 5.41) is 3.93. The molecule has 0 spiro atoms. The van der Waals surface area contributed by atoms with Crippen LogP contribution in [0.15, 0.2) is 5.22 Å². The highest BCUT2D eigenvalue weighted by atomic mass is 79.9. The molecule has 26 heavy (non-hydrogen) atoms. The topological polar surface area (TPSA) is 36.2 Å². The van der Waals surface area contributed by atoms with Gasteiger partial charge in [0.15, 0.2) is 0 Å². The molecular weight excluding hydrogens is 386 g/mol. The number of rotatable bonds is 20. The Morgan fingerprint density at radius 2 is 0.808 bits per heavy atom. The number of hydrogen-bond donors (Lipinski definition) is 1. The number of quaternary nitrogens is 1. The molecule has 0 aliphatic carbocycles. The van der Waals surface area contributed by atoms with Gasteiger partial charge in [0, 0.05) is 5.22 Å². The molecule has 0 saturated heterocycles. The Labute approximate surface area is 175 Å². The standard InChI is InChI=1S/C22H48N3.BrH/c1-4-6-8-10-12-14-16-18-20-22-25(3,24-23)21-19-17-15-13-11-9-7-5-2;/h23H,4-22H2,1-3H3;1H/q+1;/p-1. The molecule has 0 aromatic carbocycles. The molecule has 0 aliphatic heterocycles. The fourth-order valence-corrected chi connectivity index (χ4v) is 3.56. The van der Waals surface area contributed by atoms with Gasteiger partial charge >= 0.3 is 0 Å². The molecule has 0 bridgehead atoms. The summed E-state index contributed by atoms with van der Waals surface area (Å²) < 4.78 is 0.604. The van der Waals surface area contributed by atoms with Gasteiger partial charge in [0.05, 0.1) is 7.05 Å². The Morgan fingerprint density at radius 1 is 0.538 bits per heavy atom. The summed E-state index contributed by atoms with van der Waals surface area (Å²) in [7, 11) is 2.14. The van der Waals surface area contributed by atoms with Crippen LogP contribution in [0.2, 0.25) is 0 Å². The molecule has 4 heteroatoms.